The van der Waals surface area contributed by atoms with Gasteiger partial charge in [0.2, 0.25) is 0 Å². The summed E-state index contributed by atoms with van der Waals surface area (Å²) in [5.41, 5.74) is 1.23. The third-order valence-corrected chi connectivity index (χ3v) is 2.65. The van der Waals surface area contributed by atoms with E-state index in [9.17, 15) is 13.2 Å². The first-order valence-electron chi connectivity index (χ1n) is 5.38. The lowest BCUT2D eigenvalue weighted by Gasteiger charge is -2.19. The van der Waals surface area contributed by atoms with Crippen LogP contribution in [0.2, 0.25) is 0 Å². The van der Waals surface area contributed by atoms with Gasteiger partial charge in [0.15, 0.2) is 0 Å². The molecule has 1 nitrogen and oxygen atoms in total. The number of pyridine rings is 1. The lowest BCUT2D eigenvalue weighted by Crippen LogP contribution is -2.12. The van der Waals surface area contributed by atoms with Crippen molar-refractivity contribution in [1.82, 2.24) is 4.98 Å². The zero-order valence-corrected chi connectivity index (χ0v) is 9.11. The molecule has 0 fully saturated rings. The first kappa shape index (κ1) is 11.9. The molecule has 0 radical (unpaired) electrons. The van der Waals surface area contributed by atoms with Crippen LogP contribution in [-0.4, -0.2) is 11.2 Å². The molecule has 0 spiro atoms. The van der Waals surface area contributed by atoms with Gasteiger partial charge in [-0.25, -0.2) is 0 Å². The van der Waals surface area contributed by atoms with Gasteiger partial charge in [0.1, 0.15) is 0 Å². The molecule has 1 aliphatic carbocycles. The lowest BCUT2D eigenvalue weighted by molar-refractivity contribution is -0.127. The molecule has 1 heterocycles. The van der Waals surface area contributed by atoms with Gasteiger partial charge in [-0.1, -0.05) is 29.9 Å². The SMILES string of the molecule is FC(F)(F)CC1=CC=CC(c2ccccn2)C1. The van der Waals surface area contributed by atoms with Crippen molar-refractivity contribution >= 4 is 0 Å². The summed E-state index contributed by atoms with van der Waals surface area (Å²) < 4.78 is 36.9. The van der Waals surface area contributed by atoms with E-state index in [2.05, 4.69) is 4.98 Å². The average molecular weight is 239 g/mol. The normalized spacial score (nSPS) is 20.2. The Morgan fingerprint density at radius 1 is 1.29 bits per heavy atom. The predicted molar refractivity (Wildman–Crippen MR) is 59.5 cm³/mol. The third-order valence-electron chi connectivity index (χ3n) is 2.65. The Labute approximate surface area is 97.7 Å². The molecule has 0 saturated heterocycles. The molecule has 1 aliphatic rings. The topological polar surface area (TPSA) is 12.9 Å². The highest BCUT2D eigenvalue weighted by Gasteiger charge is 2.30. The van der Waals surface area contributed by atoms with Crippen LogP contribution in [0.15, 0.2) is 48.2 Å². The van der Waals surface area contributed by atoms with Crippen LogP contribution in [0.1, 0.15) is 24.5 Å². The maximum atomic E-state index is 12.3. The van der Waals surface area contributed by atoms with Crippen LogP contribution >= 0.6 is 0 Å². The fraction of sp³-hybridized carbons (Fsp3) is 0.308. The van der Waals surface area contributed by atoms with Crippen molar-refractivity contribution in [1.29, 1.82) is 0 Å². The van der Waals surface area contributed by atoms with Crippen LogP contribution in [-0.2, 0) is 0 Å². The molecular weight excluding hydrogens is 227 g/mol. The number of alkyl halides is 3. The van der Waals surface area contributed by atoms with Crippen molar-refractivity contribution in [2.24, 2.45) is 0 Å². The summed E-state index contributed by atoms with van der Waals surface area (Å²) in [4.78, 5) is 4.17. The van der Waals surface area contributed by atoms with E-state index in [1.807, 2.05) is 18.2 Å². The Balaban J connectivity index is 2.08. The van der Waals surface area contributed by atoms with Crippen molar-refractivity contribution in [2.75, 3.05) is 0 Å². The molecule has 1 unspecified atom stereocenters. The second kappa shape index (κ2) is 4.73. The highest BCUT2D eigenvalue weighted by atomic mass is 19.4. The summed E-state index contributed by atoms with van der Waals surface area (Å²) in [7, 11) is 0. The van der Waals surface area contributed by atoms with E-state index in [4.69, 9.17) is 0 Å². The average Bonchev–Trinajstić information content (AvgIpc) is 2.28. The van der Waals surface area contributed by atoms with E-state index >= 15 is 0 Å². The molecule has 90 valence electrons. The van der Waals surface area contributed by atoms with E-state index in [0.717, 1.165) is 5.69 Å². The molecule has 2 rings (SSSR count). The Bertz CT molecular complexity index is 432. The van der Waals surface area contributed by atoms with Crippen molar-refractivity contribution in [2.45, 2.75) is 24.9 Å². The fourth-order valence-electron chi connectivity index (χ4n) is 1.93. The number of nitrogens with zero attached hydrogens (tertiary/aromatic N) is 1. The Morgan fingerprint density at radius 3 is 2.76 bits per heavy atom. The van der Waals surface area contributed by atoms with Gasteiger partial charge in [0.25, 0.3) is 0 Å². The lowest BCUT2D eigenvalue weighted by atomic mass is 9.90. The molecule has 17 heavy (non-hydrogen) atoms. The first-order chi connectivity index (χ1) is 8.04. The van der Waals surface area contributed by atoms with Gasteiger partial charge in [-0.3, -0.25) is 4.98 Å². The van der Waals surface area contributed by atoms with Crippen molar-refractivity contribution in [3.63, 3.8) is 0 Å². The summed E-state index contributed by atoms with van der Waals surface area (Å²) in [5.74, 6) is -0.0430. The van der Waals surface area contributed by atoms with Gasteiger partial charge < -0.3 is 0 Å². The van der Waals surface area contributed by atoms with Crippen LogP contribution in [0.3, 0.4) is 0 Å². The van der Waals surface area contributed by atoms with Gasteiger partial charge >= 0.3 is 6.18 Å². The van der Waals surface area contributed by atoms with Crippen LogP contribution < -0.4 is 0 Å². The van der Waals surface area contributed by atoms with E-state index in [-0.39, 0.29) is 5.92 Å². The first-order valence-corrected chi connectivity index (χ1v) is 5.38. The van der Waals surface area contributed by atoms with Gasteiger partial charge in [-0.15, -0.1) is 0 Å². The van der Waals surface area contributed by atoms with Gasteiger partial charge in [0.05, 0.1) is 6.42 Å². The zero-order valence-electron chi connectivity index (χ0n) is 9.11. The number of allylic oxidation sites excluding steroid dienone is 4. The summed E-state index contributed by atoms with van der Waals surface area (Å²) >= 11 is 0. The molecule has 1 aromatic heterocycles. The minimum atomic E-state index is -4.13. The highest BCUT2D eigenvalue weighted by molar-refractivity contribution is 5.28. The predicted octanol–water partition coefficient (Wildman–Crippen LogP) is 4.00. The number of hydrogen-bond donors (Lipinski definition) is 0. The Kier molecular flexibility index (Phi) is 3.31. The minimum absolute atomic E-state index is 0.0430. The van der Waals surface area contributed by atoms with Crippen LogP contribution in [0.4, 0.5) is 13.2 Å². The summed E-state index contributed by atoms with van der Waals surface area (Å²) in [5, 5.41) is 0. The molecule has 0 aromatic carbocycles. The van der Waals surface area contributed by atoms with Crippen molar-refractivity contribution in [3.05, 3.63) is 53.9 Å². The zero-order chi connectivity index (χ0) is 12.3. The largest absolute Gasteiger partial charge is 0.392 e. The summed E-state index contributed by atoms with van der Waals surface area (Å²) in [6, 6.07) is 5.48. The van der Waals surface area contributed by atoms with Crippen LogP contribution in [0, 0.1) is 0 Å². The number of hydrogen-bond acceptors (Lipinski definition) is 1. The molecule has 4 heteroatoms. The monoisotopic (exact) mass is 239 g/mol. The molecule has 0 bridgehead atoms. The van der Waals surface area contributed by atoms with Crippen LogP contribution in [0.5, 0.6) is 0 Å². The summed E-state index contributed by atoms with van der Waals surface area (Å²) in [6.45, 7) is 0. The molecule has 1 atom stereocenters. The molecule has 1 aromatic rings. The fourth-order valence-corrected chi connectivity index (χ4v) is 1.93. The Morgan fingerprint density at radius 2 is 2.12 bits per heavy atom. The second-order valence-corrected chi connectivity index (χ2v) is 4.07. The standard InChI is InChI=1S/C13H12F3N/c14-13(15,16)9-10-4-3-5-11(8-10)12-6-1-2-7-17-12/h1-7,11H,8-9H2. The highest BCUT2D eigenvalue weighted by Crippen LogP contribution is 2.33. The van der Waals surface area contributed by atoms with Gasteiger partial charge in [-0.05, 0) is 18.6 Å². The number of aromatic nitrogens is 1. The van der Waals surface area contributed by atoms with Crippen molar-refractivity contribution in [3.8, 4) is 0 Å². The Hall–Kier alpha value is -1.58. The molecular formula is C13H12F3N. The molecule has 0 amide bonds. The van der Waals surface area contributed by atoms with E-state index in [0.29, 0.717) is 12.0 Å². The summed E-state index contributed by atoms with van der Waals surface area (Å²) in [6.07, 6.45) is 2.21. The van der Waals surface area contributed by atoms with E-state index in [1.165, 1.54) is 0 Å². The number of halogens is 3. The third kappa shape index (κ3) is 3.44. The molecule has 0 N–H and O–H groups in total. The maximum Gasteiger partial charge on any atom is 0.392 e. The minimum Gasteiger partial charge on any atom is -0.261 e. The van der Waals surface area contributed by atoms with Gasteiger partial charge in [0, 0.05) is 17.8 Å². The van der Waals surface area contributed by atoms with E-state index in [1.54, 1.807) is 24.4 Å². The molecule has 0 aliphatic heterocycles. The van der Waals surface area contributed by atoms with Gasteiger partial charge in [-0.2, -0.15) is 13.2 Å². The number of rotatable bonds is 2. The van der Waals surface area contributed by atoms with Crippen LogP contribution in [0.25, 0.3) is 0 Å². The smallest absolute Gasteiger partial charge is 0.261 e. The van der Waals surface area contributed by atoms with E-state index < -0.39 is 12.6 Å². The maximum absolute atomic E-state index is 12.3. The second-order valence-electron chi connectivity index (χ2n) is 4.07. The van der Waals surface area contributed by atoms with Crippen molar-refractivity contribution < 1.29 is 13.2 Å². The quantitative estimate of drug-likeness (QED) is 0.760. The molecule has 0 saturated carbocycles.